The van der Waals surface area contributed by atoms with Gasteiger partial charge < -0.3 is 0 Å². The molecule has 1 aliphatic heterocycles. The van der Waals surface area contributed by atoms with Crippen molar-refractivity contribution < 1.29 is 8.42 Å². The van der Waals surface area contributed by atoms with Crippen molar-refractivity contribution in [2.24, 2.45) is 0 Å². The standard InChI is InChI=1S/C15H18N2O2S2/c1-12-5-6-14(13-4-2-7-16-15(12)13)21(18,19)17-8-3-10-20-11-9-17/h2,4-7H,3,8-11H2,1H3. The van der Waals surface area contributed by atoms with Gasteiger partial charge in [-0.3, -0.25) is 4.98 Å². The monoisotopic (exact) mass is 322 g/mol. The number of hydrogen-bond acceptors (Lipinski definition) is 4. The number of hydrogen-bond donors (Lipinski definition) is 0. The van der Waals surface area contributed by atoms with E-state index < -0.39 is 10.0 Å². The molecule has 1 saturated heterocycles. The fourth-order valence-electron chi connectivity index (χ4n) is 2.62. The van der Waals surface area contributed by atoms with E-state index in [1.54, 1.807) is 22.6 Å². The van der Waals surface area contributed by atoms with Gasteiger partial charge in [-0.1, -0.05) is 6.07 Å². The van der Waals surface area contributed by atoms with E-state index in [1.807, 2.05) is 30.8 Å². The Balaban J connectivity index is 2.12. The third-order valence-corrected chi connectivity index (χ3v) is 6.74. The number of nitrogens with zero attached hydrogens (tertiary/aromatic N) is 2. The first-order valence-corrected chi connectivity index (χ1v) is 9.62. The van der Waals surface area contributed by atoms with E-state index in [1.165, 1.54) is 0 Å². The van der Waals surface area contributed by atoms with Crippen molar-refractivity contribution >= 4 is 32.7 Å². The van der Waals surface area contributed by atoms with Crippen molar-refractivity contribution in [1.82, 2.24) is 9.29 Å². The first-order chi connectivity index (χ1) is 10.1. The Labute approximate surface area is 129 Å². The summed E-state index contributed by atoms with van der Waals surface area (Å²) in [6, 6.07) is 7.19. The molecule has 6 heteroatoms. The number of thioether (sulfide) groups is 1. The van der Waals surface area contributed by atoms with E-state index in [9.17, 15) is 8.42 Å². The number of fused-ring (bicyclic) bond motifs is 1. The average molecular weight is 322 g/mol. The largest absolute Gasteiger partial charge is 0.256 e. The van der Waals surface area contributed by atoms with Gasteiger partial charge in [-0.25, -0.2) is 8.42 Å². The van der Waals surface area contributed by atoms with Crippen LogP contribution in [0.15, 0.2) is 35.4 Å². The molecular formula is C15H18N2O2S2. The highest BCUT2D eigenvalue weighted by Crippen LogP contribution is 2.27. The van der Waals surface area contributed by atoms with E-state index in [0.717, 1.165) is 34.4 Å². The minimum absolute atomic E-state index is 0.378. The molecule has 3 rings (SSSR count). The van der Waals surface area contributed by atoms with E-state index in [2.05, 4.69) is 4.98 Å². The van der Waals surface area contributed by atoms with Crippen LogP contribution in [0.4, 0.5) is 0 Å². The van der Waals surface area contributed by atoms with Gasteiger partial charge in [-0.2, -0.15) is 16.1 Å². The summed E-state index contributed by atoms with van der Waals surface area (Å²) in [6.07, 6.45) is 2.61. The summed E-state index contributed by atoms with van der Waals surface area (Å²) in [5, 5.41) is 0.717. The number of sulfonamides is 1. The quantitative estimate of drug-likeness (QED) is 0.853. The zero-order valence-electron chi connectivity index (χ0n) is 11.9. The Kier molecular flexibility index (Phi) is 4.19. The van der Waals surface area contributed by atoms with Gasteiger partial charge >= 0.3 is 0 Å². The number of rotatable bonds is 2. The molecule has 0 atom stereocenters. The summed E-state index contributed by atoms with van der Waals surface area (Å²) < 4.78 is 27.5. The lowest BCUT2D eigenvalue weighted by Crippen LogP contribution is -2.33. The molecule has 0 N–H and O–H groups in total. The Bertz CT molecular complexity index is 751. The number of pyridine rings is 1. The van der Waals surface area contributed by atoms with Crippen molar-refractivity contribution in [2.45, 2.75) is 18.2 Å². The van der Waals surface area contributed by atoms with Crippen molar-refractivity contribution in [2.75, 3.05) is 24.6 Å². The Morgan fingerprint density at radius 3 is 2.90 bits per heavy atom. The first kappa shape index (κ1) is 14.8. The number of aromatic nitrogens is 1. The maximum Gasteiger partial charge on any atom is 0.243 e. The maximum absolute atomic E-state index is 13.0. The molecule has 0 unspecified atom stereocenters. The van der Waals surface area contributed by atoms with E-state index in [4.69, 9.17) is 0 Å². The normalized spacial score (nSPS) is 17.8. The topological polar surface area (TPSA) is 50.3 Å². The summed E-state index contributed by atoms with van der Waals surface area (Å²) in [6.45, 7) is 3.14. The van der Waals surface area contributed by atoms with Crippen molar-refractivity contribution in [3.05, 3.63) is 36.0 Å². The van der Waals surface area contributed by atoms with Crippen LogP contribution in [0.1, 0.15) is 12.0 Å². The van der Waals surface area contributed by atoms with Crippen LogP contribution in [0, 0.1) is 6.92 Å². The maximum atomic E-state index is 13.0. The van der Waals surface area contributed by atoms with Gasteiger partial charge in [0.1, 0.15) is 0 Å². The predicted octanol–water partition coefficient (Wildman–Crippen LogP) is 2.67. The molecule has 1 aliphatic rings. The molecule has 1 aromatic carbocycles. The molecule has 0 amide bonds. The highest BCUT2D eigenvalue weighted by atomic mass is 32.2. The van der Waals surface area contributed by atoms with Gasteiger partial charge in [-0.05, 0) is 42.9 Å². The Hall–Kier alpha value is -1.11. The lowest BCUT2D eigenvalue weighted by Gasteiger charge is -2.20. The van der Waals surface area contributed by atoms with E-state index in [-0.39, 0.29) is 0 Å². The molecule has 21 heavy (non-hydrogen) atoms. The molecule has 1 aromatic heterocycles. The summed E-state index contributed by atoms with van der Waals surface area (Å²) in [7, 11) is -3.45. The molecule has 2 aromatic rings. The van der Waals surface area contributed by atoms with Gasteiger partial charge in [0, 0.05) is 30.4 Å². The van der Waals surface area contributed by atoms with Crippen LogP contribution in [0.3, 0.4) is 0 Å². The summed E-state index contributed by atoms with van der Waals surface area (Å²) in [5.41, 5.74) is 1.76. The lowest BCUT2D eigenvalue weighted by atomic mass is 10.1. The lowest BCUT2D eigenvalue weighted by molar-refractivity contribution is 0.435. The van der Waals surface area contributed by atoms with Crippen LogP contribution in [0.5, 0.6) is 0 Å². The highest BCUT2D eigenvalue weighted by molar-refractivity contribution is 7.99. The van der Waals surface area contributed by atoms with Gasteiger partial charge in [0.2, 0.25) is 10.0 Å². The molecule has 0 bridgehead atoms. The SMILES string of the molecule is Cc1ccc(S(=O)(=O)N2CCCSCC2)c2cccnc12. The molecule has 0 aliphatic carbocycles. The highest BCUT2D eigenvalue weighted by Gasteiger charge is 2.27. The van der Waals surface area contributed by atoms with Crippen LogP contribution in [-0.2, 0) is 10.0 Å². The zero-order chi connectivity index (χ0) is 14.9. The van der Waals surface area contributed by atoms with Gasteiger partial charge in [-0.15, -0.1) is 0 Å². The zero-order valence-corrected chi connectivity index (χ0v) is 13.6. The second-order valence-electron chi connectivity index (χ2n) is 5.15. The van der Waals surface area contributed by atoms with Gasteiger partial charge in [0.25, 0.3) is 0 Å². The Morgan fingerprint density at radius 1 is 1.19 bits per heavy atom. The van der Waals surface area contributed by atoms with Gasteiger partial charge in [0.15, 0.2) is 0 Å². The molecule has 0 spiro atoms. The first-order valence-electron chi connectivity index (χ1n) is 7.03. The molecule has 1 fully saturated rings. The average Bonchev–Trinajstić information content (AvgIpc) is 2.77. The predicted molar refractivity (Wildman–Crippen MR) is 87.2 cm³/mol. The number of benzene rings is 1. The van der Waals surface area contributed by atoms with Crippen LogP contribution < -0.4 is 0 Å². The van der Waals surface area contributed by atoms with E-state index in [0.29, 0.717) is 18.0 Å². The minimum Gasteiger partial charge on any atom is -0.256 e. The molecule has 2 heterocycles. The second kappa shape index (κ2) is 5.94. The minimum atomic E-state index is -3.45. The molecule has 0 radical (unpaired) electrons. The fraction of sp³-hybridized carbons (Fsp3) is 0.400. The Morgan fingerprint density at radius 2 is 2.05 bits per heavy atom. The van der Waals surface area contributed by atoms with Crippen LogP contribution in [0.2, 0.25) is 0 Å². The molecule has 4 nitrogen and oxygen atoms in total. The van der Waals surface area contributed by atoms with Crippen molar-refractivity contribution in [3.63, 3.8) is 0 Å². The third-order valence-electron chi connectivity index (χ3n) is 3.73. The fourth-order valence-corrected chi connectivity index (χ4v) is 5.28. The number of aryl methyl sites for hydroxylation is 1. The third kappa shape index (κ3) is 2.80. The van der Waals surface area contributed by atoms with Crippen molar-refractivity contribution in [3.8, 4) is 0 Å². The summed E-state index contributed by atoms with van der Waals surface area (Å²) in [4.78, 5) is 4.71. The molecular weight excluding hydrogens is 304 g/mol. The van der Waals surface area contributed by atoms with E-state index >= 15 is 0 Å². The van der Waals surface area contributed by atoms with Crippen LogP contribution >= 0.6 is 11.8 Å². The van der Waals surface area contributed by atoms with Crippen LogP contribution in [-0.4, -0.2) is 42.3 Å². The second-order valence-corrected chi connectivity index (χ2v) is 8.28. The summed E-state index contributed by atoms with van der Waals surface area (Å²) in [5.74, 6) is 1.89. The molecule has 0 saturated carbocycles. The molecule has 112 valence electrons. The smallest absolute Gasteiger partial charge is 0.243 e. The van der Waals surface area contributed by atoms with Gasteiger partial charge in [0.05, 0.1) is 10.4 Å². The summed E-state index contributed by atoms with van der Waals surface area (Å²) >= 11 is 1.82. The van der Waals surface area contributed by atoms with Crippen LogP contribution in [0.25, 0.3) is 10.9 Å². The van der Waals surface area contributed by atoms with Crippen molar-refractivity contribution in [1.29, 1.82) is 0 Å².